The largest absolute Gasteiger partial charge is 0.497 e. The Balaban J connectivity index is 1.77. The Morgan fingerprint density at radius 2 is 1.88 bits per heavy atom. The molecule has 0 amide bonds. The van der Waals surface area contributed by atoms with Crippen molar-refractivity contribution in [2.45, 2.75) is 38.9 Å². The number of piperidine rings is 1. The Bertz CT molecular complexity index is 1340. The van der Waals surface area contributed by atoms with Crippen LogP contribution in [0, 0.1) is 12.8 Å². The molecular weight excluding hydrogens is 441 g/mol. The number of methoxy groups -OCH3 is 1. The van der Waals surface area contributed by atoms with E-state index in [0.29, 0.717) is 46.0 Å². The van der Waals surface area contributed by atoms with Gasteiger partial charge < -0.3 is 14.6 Å². The molecule has 178 valence electrons. The van der Waals surface area contributed by atoms with Gasteiger partial charge in [0.15, 0.2) is 5.69 Å². The molecule has 3 heterocycles. The van der Waals surface area contributed by atoms with Crippen LogP contribution >= 0.6 is 0 Å². The first kappa shape index (κ1) is 22.7. The number of fused-ring (bicyclic) bond motifs is 3. The number of pyridine rings is 1. The fourth-order valence-electron chi connectivity index (χ4n) is 4.88. The smallest absolute Gasteiger partial charge is 0.435 e. The van der Waals surface area contributed by atoms with Gasteiger partial charge in [-0.15, -0.1) is 0 Å². The van der Waals surface area contributed by atoms with E-state index in [4.69, 9.17) is 4.74 Å². The summed E-state index contributed by atoms with van der Waals surface area (Å²) in [5.41, 5.74) is 1.36. The molecule has 8 heteroatoms. The monoisotopic (exact) mass is 468 g/mol. The van der Waals surface area contributed by atoms with Gasteiger partial charge in [-0.1, -0.05) is 24.3 Å². The summed E-state index contributed by atoms with van der Waals surface area (Å²) in [4.78, 5) is 8.61. The number of alkyl halides is 3. The minimum absolute atomic E-state index is 0.105. The van der Waals surface area contributed by atoms with E-state index in [-0.39, 0.29) is 5.52 Å². The summed E-state index contributed by atoms with van der Waals surface area (Å²) in [6.07, 6.45) is -1.61. The van der Waals surface area contributed by atoms with E-state index in [9.17, 15) is 13.2 Å². The molecule has 4 aromatic rings. The molecule has 2 aromatic heterocycles. The normalized spacial score (nSPS) is 15.3. The number of ether oxygens (including phenoxy) is 1. The summed E-state index contributed by atoms with van der Waals surface area (Å²) in [7, 11) is 1.57. The minimum atomic E-state index is -4.62. The second-order valence-electron chi connectivity index (χ2n) is 8.98. The van der Waals surface area contributed by atoms with Crippen molar-refractivity contribution in [2.75, 3.05) is 20.2 Å². The number of aryl methyl sites for hydroxylation is 2. The third-order valence-electron chi connectivity index (χ3n) is 6.65. The van der Waals surface area contributed by atoms with E-state index < -0.39 is 11.9 Å². The molecule has 5 rings (SSSR count). The molecule has 0 saturated carbocycles. The second-order valence-corrected chi connectivity index (χ2v) is 8.98. The van der Waals surface area contributed by atoms with E-state index in [1.165, 1.54) is 0 Å². The Morgan fingerprint density at radius 3 is 2.62 bits per heavy atom. The molecule has 0 spiro atoms. The third-order valence-corrected chi connectivity index (χ3v) is 6.65. The fraction of sp³-hybridized carbons (Fsp3) is 0.385. The molecule has 34 heavy (non-hydrogen) atoms. The SMILES string of the molecule is COc1cccc(-c2nc3c(C(F)(F)F)nc4cc(C)ccc4c3n2CCC2CCNCC2)c1. The summed E-state index contributed by atoms with van der Waals surface area (Å²) in [6.45, 7) is 4.39. The predicted octanol–water partition coefficient (Wildman–Crippen LogP) is 5.98. The Kier molecular flexibility index (Phi) is 5.93. The van der Waals surface area contributed by atoms with E-state index >= 15 is 0 Å². The number of benzene rings is 2. The van der Waals surface area contributed by atoms with Crippen LogP contribution in [0.1, 0.15) is 30.5 Å². The number of hydrogen-bond acceptors (Lipinski definition) is 4. The van der Waals surface area contributed by atoms with Crippen molar-refractivity contribution in [3.8, 4) is 17.1 Å². The standard InChI is InChI=1S/C26H27F3N4O/c1-16-6-7-20-21(14-16)31-24(26(27,28)29)22-23(20)33(13-10-17-8-11-30-12-9-17)25(32-22)18-4-3-5-19(15-18)34-2/h3-7,14-15,17,30H,8-13H2,1-2H3. The van der Waals surface area contributed by atoms with Crippen LogP contribution in [0.25, 0.3) is 33.3 Å². The molecule has 1 saturated heterocycles. The van der Waals surface area contributed by atoms with Gasteiger partial charge in [-0.3, -0.25) is 0 Å². The summed E-state index contributed by atoms with van der Waals surface area (Å²) < 4.78 is 49.8. The second kappa shape index (κ2) is 8.91. The van der Waals surface area contributed by atoms with Crippen LogP contribution in [0.4, 0.5) is 13.2 Å². The van der Waals surface area contributed by atoms with Gasteiger partial charge in [0.05, 0.1) is 18.1 Å². The number of nitrogens with zero attached hydrogens (tertiary/aromatic N) is 3. The molecule has 1 fully saturated rings. The van der Waals surface area contributed by atoms with Crippen LogP contribution in [0.2, 0.25) is 0 Å². The number of halogens is 3. The van der Waals surface area contributed by atoms with Gasteiger partial charge >= 0.3 is 6.18 Å². The van der Waals surface area contributed by atoms with Gasteiger partial charge in [-0.05, 0) is 69.0 Å². The highest BCUT2D eigenvalue weighted by molar-refractivity contribution is 6.05. The van der Waals surface area contributed by atoms with E-state index in [1.54, 1.807) is 13.2 Å². The van der Waals surface area contributed by atoms with Crippen molar-refractivity contribution in [3.63, 3.8) is 0 Å². The van der Waals surface area contributed by atoms with Crippen molar-refractivity contribution in [1.29, 1.82) is 0 Å². The maximum atomic E-state index is 14.1. The molecule has 1 aliphatic heterocycles. The maximum absolute atomic E-state index is 14.1. The zero-order chi connectivity index (χ0) is 23.9. The quantitative estimate of drug-likeness (QED) is 0.392. The molecule has 0 bridgehead atoms. The van der Waals surface area contributed by atoms with Gasteiger partial charge in [-0.25, -0.2) is 9.97 Å². The van der Waals surface area contributed by atoms with Crippen molar-refractivity contribution in [2.24, 2.45) is 5.92 Å². The molecule has 0 aliphatic carbocycles. The number of hydrogen-bond donors (Lipinski definition) is 1. The first-order chi connectivity index (χ1) is 16.3. The molecule has 5 nitrogen and oxygen atoms in total. The Labute approximate surface area is 196 Å². The van der Waals surface area contributed by atoms with Gasteiger partial charge in [0.25, 0.3) is 0 Å². The van der Waals surface area contributed by atoms with Crippen LogP contribution in [0.5, 0.6) is 5.75 Å². The third kappa shape index (κ3) is 4.22. The van der Waals surface area contributed by atoms with Crippen LogP contribution in [0.15, 0.2) is 42.5 Å². The predicted molar refractivity (Wildman–Crippen MR) is 127 cm³/mol. The van der Waals surface area contributed by atoms with E-state index in [0.717, 1.165) is 37.9 Å². The van der Waals surface area contributed by atoms with Crippen LogP contribution < -0.4 is 10.1 Å². The molecule has 0 unspecified atom stereocenters. The Morgan fingerprint density at radius 1 is 1.09 bits per heavy atom. The number of nitrogens with one attached hydrogen (secondary N) is 1. The number of aromatic nitrogens is 3. The first-order valence-corrected chi connectivity index (χ1v) is 11.6. The first-order valence-electron chi connectivity index (χ1n) is 11.6. The van der Waals surface area contributed by atoms with Gasteiger partial charge in [-0.2, -0.15) is 13.2 Å². The Hall–Kier alpha value is -3.13. The van der Waals surface area contributed by atoms with E-state index in [2.05, 4.69) is 15.3 Å². The summed E-state index contributed by atoms with van der Waals surface area (Å²) in [5, 5.41) is 4.06. The highest BCUT2D eigenvalue weighted by atomic mass is 19.4. The highest BCUT2D eigenvalue weighted by Crippen LogP contribution is 2.39. The van der Waals surface area contributed by atoms with Gasteiger partial charge in [0.2, 0.25) is 0 Å². The number of rotatable bonds is 5. The molecule has 0 atom stereocenters. The van der Waals surface area contributed by atoms with Crippen LogP contribution in [-0.2, 0) is 12.7 Å². The van der Waals surface area contributed by atoms with E-state index in [1.807, 2.05) is 47.9 Å². The summed E-state index contributed by atoms with van der Waals surface area (Å²) >= 11 is 0. The molecule has 0 radical (unpaired) electrons. The van der Waals surface area contributed by atoms with Crippen molar-refractivity contribution in [1.82, 2.24) is 19.9 Å². The highest BCUT2D eigenvalue weighted by Gasteiger charge is 2.37. The maximum Gasteiger partial charge on any atom is 0.435 e. The average Bonchev–Trinajstić information content (AvgIpc) is 3.21. The molecule has 2 aromatic carbocycles. The lowest BCUT2D eigenvalue weighted by atomic mass is 9.94. The van der Waals surface area contributed by atoms with Crippen LogP contribution in [-0.4, -0.2) is 34.7 Å². The molecular formula is C26H27F3N4O. The lowest BCUT2D eigenvalue weighted by Crippen LogP contribution is -2.28. The minimum Gasteiger partial charge on any atom is -0.497 e. The van der Waals surface area contributed by atoms with Crippen molar-refractivity contribution in [3.05, 3.63) is 53.7 Å². The number of imidazole rings is 1. The lowest BCUT2D eigenvalue weighted by molar-refractivity contribution is -0.139. The van der Waals surface area contributed by atoms with Crippen molar-refractivity contribution >= 4 is 21.9 Å². The molecule has 1 aliphatic rings. The lowest BCUT2D eigenvalue weighted by Gasteiger charge is -2.23. The van der Waals surface area contributed by atoms with Gasteiger partial charge in [0.1, 0.15) is 17.1 Å². The topological polar surface area (TPSA) is 52.0 Å². The zero-order valence-corrected chi connectivity index (χ0v) is 19.2. The zero-order valence-electron chi connectivity index (χ0n) is 19.2. The van der Waals surface area contributed by atoms with Gasteiger partial charge in [0, 0.05) is 17.5 Å². The summed E-state index contributed by atoms with van der Waals surface area (Å²) in [6, 6.07) is 12.8. The van der Waals surface area contributed by atoms with Crippen LogP contribution in [0.3, 0.4) is 0 Å². The molecule has 1 N–H and O–H groups in total. The average molecular weight is 469 g/mol. The summed E-state index contributed by atoms with van der Waals surface area (Å²) in [5.74, 6) is 1.65. The fourth-order valence-corrected chi connectivity index (χ4v) is 4.88. The van der Waals surface area contributed by atoms with Crippen molar-refractivity contribution < 1.29 is 17.9 Å².